The highest BCUT2D eigenvalue weighted by atomic mass is 79.9. The molecule has 0 aromatic heterocycles. The van der Waals surface area contributed by atoms with E-state index in [9.17, 15) is 0 Å². The van der Waals surface area contributed by atoms with Gasteiger partial charge in [-0.25, -0.2) is 0 Å². The second-order valence-electron chi connectivity index (χ2n) is 5.10. The van der Waals surface area contributed by atoms with Crippen LogP contribution in [-0.4, -0.2) is 13.1 Å². The minimum absolute atomic E-state index is 0.739. The number of nitrogens with zero attached hydrogens (tertiary/aromatic N) is 1. The first-order valence-corrected chi connectivity index (χ1v) is 7.69. The SMILES string of the molecule is Nc1cc(Br)ccc1Nc1ccc(N2CCCC2)cc1. The maximum absolute atomic E-state index is 6.00. The molecule has 20 heavy (non-hydrogen) atoms. The lowest BCUT2D eigenvalue weighted by atomic mass is 10.2. The van der Waals surface area contributed by atoms with E-state index in [4.69, 9.17) is 5.73 Å². The average molecular weight is 332 g/mol. The largest absolute Gasteiger partial charge is 0.397 e. The van der Waals surface area contributed by atoms with Crippen LogP contribution in [0.2, 0.25) is 0 Å². The van der Waals surface area contributed by atoms with E-state index in [1.165, 1.54) is 31.6 Å². The Morgan fingerprint density at radius 2 is 1.70 bits per heavy atom. The van der Waals surface area contributed by atoms with Crippen molar-refractivity contribution in [2.45, 2.75) is 12.8 Å². The summed E-state index contributed by atoms with van der Waals surface area (Å²) in [5, 5.41) is 3.35. The number of hydrogen-bond acceptors (Lipinski definition) is 3. The molecule has 0 spiro atoms. The van der Waals surface area contributed by atoms with Crippen LogP contribution in [0.1, 0.15) is 12.8 Å². The first-order valence-electron chi connectivity index (χ1n) is 6.89. The summed E-state index contributed by atoms with van der Waals surface area (Å²) >= 11 is 3.42. The van der Waals surface area contributed by atoms with Gasteiger partial charge in [0.2, 0.25) is 0 Å². The van der Waals surface area contributed by atoms with Gasteiger partial charge in [-0.3, -0.25) is 0 Å². The lowest BCUT2D eigenvalue weighted by Crippen LogP contribution is -2.17. The van der Waals surface area contributed by atoms with E-state index < -0.39 is 0 Å². The number of halogens is 1. The zero-order valence-corrected chi connectivity index (χ0v) is 12.9. The van der Waals surface area contributed by atoms with Gasteiger partial charge in [0.15, 0.2) is 0 Å². The molecule has 4 heteroatoms. The summed E-state index contributed by atoms with van der Waals surface area (Å²) in [5.41, 5.74) is 10.0. The monoisotopic (exact) mass is 331 g/mol. The highest BCUT2D eigenvalue weighted by Gasteiger charge is 2.11. The Kier molecular flexibility index (Phi) is 3.83. The molecule has 0 saturated carbocycles. The predicted octanol–water partition coefficient (Wildman–Crippen LogP) is 4.38. The predicted molar refractivity (Wildman–Crippen MR) is 89.7 cm³/mol. The quantitative estimate of drug-likeness (QED) is 0.820. The van der Waals surface area contributed by atoms with Crippen LogP contribution >= 0.6 is 15.9 Å². The Balaban J connectivity index is 1.74. The molecule has 0 atom stereocenters. The third-order valence-corrected chi connectivity index (χ3v) is 4.12. The smallest absolute Gasteiger partial charge is 0.0618 e. The minimum atomic E-state index is 0.739. The van der Waals surface area contributed by atoms with Crippen molar-refractivity contribution in [1.29, 1.82) is 0 Å². The maximum atomic E-state index is 6.00. The third-order valence-electron chi connectivity index (χ3n) is 3.63. The molecule has 1 aliphatic heterocycles. The number of nitrogens with two attached hydrogens (primary N) is 1. The maximum Gasteiger partial charge on any atom is 0.0618 e. The van der Waals surface area contributed by atoms with Crippen molar-refractivity contribution in [3.05, 3.63) is 46.9 Å². The molecule has 3 rings (SSSR count). The third kappa shape index (κ3) is 2.90. The fourth-order valence-electron chi connectivity index (χ4n) is 2.53. The summed E-state index contributed by atoms with van der Waals surface area (Å²) < 4.78 is 0.991. The van der Waals surface area contributed by atoms with Crippen LogP contribution in [0.3, 0.4) is 0 Å². The summed E-state index contributed by atoms with van der Waals surface area (Å²) in [7, 11) is 0. The first-order chi connectivity index (χ1) is 9.72. The molecule has 0 amide bonds. The van der Waals surface area contributed by atoms with Gasteiger partial charge in [-0.1, -0.05) is 15.9 Å². The van der Waals surface area contributed by atoms with E-state index in [0.29, 0.717) is 0 Å². The second-order valence-corrected chi connectivity index (χ2v) is 6.01. The Morgan fingerprint density at radius 3 is 2.35 bits per heavy atom. The Hall–Kier alpha value is -1.68. The van der Waals surface area contributed by atoms with Gasteiger partial charge in [0.05, 0.1) is 11.4 Å². The van der Waals surface area contributed by atoms with Crippen molar-refractivity contribution in [1.82, 2.24) is 0 Å². The number of rotatable bonds is 3. The summed E-state index contributed by atoms with van der Waals surface area (Å²) in [4.78, 5) is 2.43. The summed E-state index contributed by atoms with van der Waals surface area (Å²) in [6.07, 6.45) is 2.60. The molecule has 1 fully saturated rings. The van der Waals surface area contributed by atoms with Gasteiger partial charge in [-0.15, -0.1) is 0 Å². The standard InChI is InChI=1S/C16H18BrN3/c17-12-3-8-16(15(18)11-12)19-13-4-6-14(7-5-13)20-9-1-2-10-20/h3-8,11,19H,1-2,9-10,18H2. The molecule has 104 valence electrons. The molecule has 0 bridgehead atoms. The summed E-state index contributed by atoms with van der Waals surface area (Å²) in [6.45, 7) is 2.35. The average Bonchev–Trinajstić information content (AvgIpc) is 2.97. The van der Waals surface area contributed by atoms with Gasteiger partial charge in [-0.05, 0) is 55.3 Å². The molecule has 1 saturated heterocycles. The number of anilines is 4. The van der Waals surface area contributed by atoms with Gasteiger partial charge in [0.25, 0.3) is 0 Å². The van der Waals surface area contributed by atoms with Gasteiger partial charge in [0, 0.05) is 28.9 Å². The van der Waals surface area contributed by atoms with Gasteiger partial charge in [-0.2, -0.15) is 0 Å². The van der Waals surface area contributed by atoms with E-state index in [1.54, 1.807) is 0 Å². The van der Waals surface area contributed by atoms with E-state index in [1.807, 2.05) is 18.2 Å². The lowest BCUT2D eigenvalue weighted by molar-refractivity contribution is 0.949. The molecule has 1 aliphatic rings. The molecular formula is C16H18BrN3. The Bertz CT molecular complexity index is 589. The van der Waals surface area contributed by atoms with E-state index in [-0.39, 0.29) is 0 Å². The van der Waals surface area contributed by atoms with Crippen molar-refractivity contribution in [3.63, 3.8) is 0 Å². The fraction of sp³-hybridized carbons (Fsp3) is 0.250. The molecule has 0 aliphatic carbocycles. The summed E-state index contributed by atoms with van der Waals surface area (Å²) in [5.74, 6) is 0. The van der Waals surface area contributed by atoms with Crippen molar-refractivity contribution < 1.29 is 0 Å². The van der Waals surface area contributed by atoms with E-state index in [2.05, 4.69) is 50.4 Å². The van der Waals surface area contributed by atoms with Crippen molar-refractivity contribution >= 4 is 38.7 Å². The van der Waals surface area contributed by atoms with Gasteiger partial charge >= 0.3 is 0 Å². The van der Waals surface area contributed by atoms with Crippen LogP contribution in [0.15, 0.2) is 46.9 Å². The number of nitrogen functional groups attached to an aromatic ring is 1. The summed E-state index contributed by atoms with van der Waals surface area (Å²) in [6, 6.07) is 14.4. The minimum Gasteiger partial charge on any atom is -0.397 e. The molecule has 2 aromatic carbocycles. The van der Waals surface area contributed by atoms with Crippen LogP contribution in [0.5, 0.6) is 0 Å². The lowest BCUT2D eigenvalue weighted by Gasteiger charge is -2.18. The zero-order valence-electron chi connectivity index (χ0n) is 11.3. The topological polar surface area (TPSA) is 41.3 Å². The Morgan fingerprint density at radius 1 is 1.00 bits per heavy atom. The molecular weight excluding hydrogens is 314 g/mol. The number of benzene rings is 2. The fourth-order valence-corrected chi connectivity index (χ4v) is 2.91. The van der Waals surface area contributed by atoms with Crippen molar-refractivity contribution in [3.8, 4) is 0 Å². The van der Waals surface area contributed by atoms with Gasteiger partial charge < -0.3 is 16.0 Å². The second kappa shape index (κ2) is 5.75. The van der Waals surface area contributed by atoms with Crippen molar-refractivity contribution in [2.75, 3.05) is 29.0 Å². The van der Waals surface area contributed by atoms with Crippen LogP contribution < -0.4 is 16.0 Å². The number of hydrogen-bond donors (Lipinski definition) is 2. The van der Waals surface area contributed by atoms with Crippen LogP contribution in [0.4, 0.5) is 22.7 Å². The molecule has 0 unspecified atom stereocenters. The van der Waals surface area contributed by atoms with E-state index in [0.717, 1.165) is 21.5 Å². The van der Waals surface area contributed by atoms with Gasteiger partial charge in [0.1, 0.15) is 0 Å². The van der Waals surface area contributed by atoms with Crippen molar-refractivity contribution in [2.24, 2.45) is 0 Å². The molecule has 1 heterocycles. The van der Waals surface area contributed by atoms with E-state index >= 15 is 0 Å². The van der Waals surface area contributed by atoms with Crippen LogP contribution in [0.25, 0.3) is 0 Å². The molecule has 3 nitrogen and oxygen atoms in total. The number of nitrogens with one attached hydrogen (secondary N) is 1. The highest BCUT2D eigenvalue weighted by Crippen LogP contribution is 2.28. The molecule has 3 N–H and O–H groups in total. The Labute approximate surface area is 127 Å². The molecule has 2 aromatic rings. The van der Waals surface area contributed by atoms with Crippen LogP contribution in [-0.2, 0) is 0 Å². The zero-order chi connectivity index (χ0) is 13.9. The first kappa shape index (κ1) is 13.3. The van der Waals surface area contributed by atoms with Crippen LogP contribution in [0, 0.1) is 0 Å². The highest BCUT2D eigenvalue weighted by molar-refractivity contribution is 9.10. The molecule has 0 radical (unpaired) electrons. The normalized spacial score (nSPS) is 14.6.